The van der Waals surface area contributed by atoms with E-state index < -0.39 is 0 Å². The van der Waals surface area contributed by atoms with E-state index in [-0.39, 0.29) is 0 Å². The van der Waals surface area contributed by atoms with Gasteiger partial charge in [0.25, 0.3) is 0 Å². The largest absolute Gasteiger partial charge is 0.490 e. The van der Waals surface area contributed by atoms with Crippen LogP contribution in [0.4, 0.5) is 0 Å². The van der Waals surface area contributed by atoms with Crippen LogP contribution < -0.4 is 4.74 Å². The van der Waals surface area contributed by atoms with Crippen LogP contribution in [-0.2, 0) is 0 Å². The first-order valence-electron chi connectivity index (χ1n) is 4.93. The lowest BCUT2D eigenvalue weighted by atomic mass is 9.71. The van der Waals surface area contributed by atoms with Crippen molar-refractivity contribution < 1.29 is 4.74 Å². The summed E-state index contributed by atoms with van der Waals surface area (Å²) in [5.74, 6) is 0.697. The molecule has 2 rings (SSSR count). The van der Waals surface area contributed by atoms with Gasteiger partial charge in [-0.05, 0) is 25.0 Å². The molecule has 2 nitrogen and oxygen atoms in total. The van der Waals surface area contributed by atoms with Crippen LogP contribution in [0.5, 0.6) is 5.75 Å². The van der Waals surface area contributed by atoms with Crippen molar-refractivity contribution in [3.63, 3.8) is 0 Å². The molecule has 0 spiro atoms. The standard InChI is InChI=1S/C11H14ClNO/c1-11(5-3-6-11)8-14-9-4-2-7-13-10(9)12/h2,4,7H,3,5-6,8H2,1H3. The molecule has 1 saturated carbocycles. The molecule has 0 aromatic carbocycles. The van der Waals surface area contributed by atoms with Gasteiger partial charge in [-0.25, -0.2) is 4.98 Å². The minimum atomic E-state index is 0.360. The number of hydrogen-bond acceptors (Lipinski definition) is 2. The topological polar surface area (TPSA) is 22.1 Å². The zero-order valence-electron chi connectivity index (χ0n) is 8.29. The number of pyridine rings is 1. The number of rotatable bonds is 3. The Morgan fingerprint density at radius 3 is 2.93 bits per heavy atom. The number of hydrogen-bond donors (Lipinski definition) is 0. The van der Waals surface area contributed by atoms with Crippen LogP contribution in [0.3, 0.4) is 0 Å². The van der Waals surface area contributed by atoms with Crippen molar-refractivity contribution in [2.24, 2.45) is 5.41 Å². The normalized spacial score (nSPS) is 18.7. The van der Waals surface area contributed by atoms with E-state index in [1.165, 1.54) is 19.3 Å². The quantitative estimate of drug-likeness (QED) is 0.716. The molecule has 0 amide bonds. The van der Waals surface area contributed by atoms with Crippen molar-refractivity contribution >= 4 is 11.6 Å². The van der Waals surface area contributed by atoms with Gasteiger partial charge in [0.05, 0.1) is 6.61 Å². The van der Waals surface area contributed by atoms with Crippen molar-refractivity contribution in [1.82, 2.24) is 4.98 Å². The van der Waals surface area contributed by atoms with Crippen LogP contribution in [0.25, 0.3) is 0 Å². The first-order valence-corrected chi connectivity index (χ1v) is 5.31. The molecule has 1 fully saturated rings. The summed E-state index contributed by atoms with van der Waals surface area (Å²) in [6, 6.07) is 3.70. The Labute approximate surface area is 89.3 Å². The van der Waals surface area contributed by atoms with Crippen molar-refractivity contribution in [2.45, 2.75) is 26.2 Å². The van der Waals surface area contributed by atoms with Gasteiger partial charge in [0, 0.05) is 11.6 Å². The van der Waals surface area contributed by atoms with Gasteiger partial charge in [0.2, 0.25) is 0 Å². The molecule has 0 radical (unpaired) electrons. The van der Waals surface area contributed by atoms with E-state index in [0.717, 1.165) is 6.61 Å². The average molecular weight is 212 g/mol. The highest BCUT2D eigenvalue weighted by Gasteiger charge is 2.32. The molecule has 0 unspecified atom stereocenters. The molecule has 1 aliphatic carbocycles. The molecule has 1 aromatic heterocycles. The van der Waals surface area contributed by atoms with Crippen LogP contribution in [0.1, 0.15) is 26.2 Å². The minimum absolute atomic E-state index is 0.360. The Bertz CT molecular complexity index is 323. The predicted molar refractivity (Wildman–Crippen MR) is 56.7 cm³/mol. The van der Waals surface area contributed by atoms with E-state index in [2.05, 4.69) is 11.9 Å². The summed E-state index contributed by atoms with van der Waals surface area (Å²) in [4.78, 5) is 3.96. The molecular formula is C11H14ClNO. The predicted octanol–water partition coefficient (Wildman–Crippen LogP) is 3.30. The molecule has 1 aliphatic rings. The van der Waals surface area contributed by atoms with Gasteiger partial charge in [0.1, 0.15) is 0 Å². The zero-order valence-corrected chi connectivity index (χ0v) is 9.05. The maximum absolute atomic E-state index is 5.88. The Morgan fingerprint density at radius 2 is 2.36 bits per heavy atom. The lowest BCUT2D eigenvalue weighted by molar-refractivity contribution is 0.0774. The third-order valence-corrected chi connectivity index (χ3v) is 3.15. The van der Waals surface area contributed by atoms with Crippen LogP contribution in [0.15, 0.2) is 18.3 Å². The number of halogens is 1. The first-order chi connectivity index (χ1) is 6.70. The van der Waals surface area contributed by atoms with E-state index in [4.69, 9.17) is 16.3 Å². The molecular weight excluding hydrogens is 198 g/mol. The summed E-state index contributed by atoms with van der Waals surface area (Å²) in [6.07, 6.45) is 5.50. The second-order valence-electron chi connectivity index (χ2n) is 4.25. The zero-order chi connectivity index (χ0) is 10.0. The van der Waals surface area contributed by atoms with E-state index in [1.54, 1.807) is 6.20 Å². The number of nitrogens with zero attached hydrogens (tertiary/aromatic N) is 1. The van der Waals surface area contributed by atoms with Gasteiger partial charge in [-0.1, -0.05) is 24.9 Å². The van der Waals surface area contributed by atoms with Gasteiger partial charge in [-0.3, -0.25) is 0 Å². The summed E-state index contributed by atoms with van der Waals surface area (Å²) < 4.78 is 5.65. The molecule has 14 heavy (non-hydrogen) atoms. The Morgan fingerprint density at radius 1 is 1.57 bits per heavy atom. The Kier molecular flexibility index (Phi) is 2.64. The third kappa shape index (κ3) is 2.01. The van der Waals surface area contributed by atoms with E-state index in [1.807, 2.05) is 12.1 Å². The van der Waals surface area contributed by atoms with Crippen molar-refractivity contribution in [3.05, 3.63) is 23.5 Å². The SMILES string of the molecule is CC1(COc2cccnc2Cl)CCC1. The van der Waals surface area contributed by atoms with E-state index in [0.29, 0.717) is 16.3 Å². The highest BCUT2D eigenvalue weighted by Crippen LogP contribution is 2.40. The molecule has 0 aliphatic heterocycles. The Hall–Kier alpha value is -0.760. The molecule has 3 heteroatoms. The van der Waals surface area contributed by atoms with Crippen LogP contribution in [-0.4, -0.2) is 11.6 Å². The highest BCUT2D eigenvalue weighted by atomic mass is 35.5. The van der Waals surface area contributed by atoms with Gasteiger partial charge >= 0.3 is 0 Å². The van der Waals surface area contributed by atoms with E-state index in [9.17, 15) is 0 Å². The van der Waals surface area contributed by atoms with Gasteiger partial charge in [0.15, 0.2) is 10.9 Å². The molecule has 0 atom stereocenters. The second-order valence-corrected chi connectivity index (χ2v) is 4.60. The maximum atomic E-state index is 5.88. The fraction of sp³-hybridized carbons (Fsp3) is 0.545. The van der Waals surface area contributed by atoms with Crippen molar-refractivity contribution in [1.29, 1.82) is 0 Å². The van der Waals surface area contributed by atoms with E-state index >= 15 is 0 Å². The van der Waals surface area contributed by atoms with Crippen LogP contribution >= 0.6 is 11.6 Å². The fourth-order valence-electron chi connectivity index (χ4n) is 1.66. The monoisotopic (exact) mass is 211 g/mol. The summed E-state index contributed by atoms with van der Waals surface area (Å²) in [7, 11) is 0. The summed E-state index contributed by atoms with van der Waals surface area (Å²) in [5, 5.41) is 0.454. The first kappa shape index (κ1) is 9.78. The molecule has 0 bridgehead atoms. The summed E-state index contributed by atoms with van der Waals surface area (Å²) >= 11 is 5.88. The van der Waals surface area contributed by atoms with Gasteiger partial charge < -0.3 is 4.74 Å². The smallest absolute Gasteiger partial charge is 0.171 e. The highest BCUT2D eigenvalue weighted by molar-refractivity contribution is 6.30. The molecule has 0 saturated heterocycles. The van der Waals surface area contributed by atoms with Crippen LogP contribution in [0, 0.1) is 5.41 Å². The second kappa shape index (κ2) is 3.77. The molecule has 0 N–H and O–H groups in total. The molecule has 1 aromatic rings. The molecule has 76 valence electrons. The Balaban J connectivity index is 1.95. The summed E-state index contributed by atoms with van der Waals surface area (Å²) in [5.41, 5.74) is 0.360. The maximum Gasteiger partial charge on any atom is 0.171 e. The minimum Gasteiger partial charge on any atom is -0.490 e. The van der Waals surface area contributed by atoms with Gasteiger partial charge in [-0.2, -0.15) is 0 Å². The number of ether oxygens (including phenoxy) is 1. The lowest BCUT2D eigenvalue weighted by Crippen LogP contribution is -2.32. The fourth-order valence-corrected chi connectivity index (χ4v) is 1.83. The molecule has 1 heterocycles. The number of aromatic nitrogens is 1. The third-order valence-electron chi connectivity index (χ3n) is 2.86. The average Bonchev–Trinajstić information content (AvgIpc) is 2.14. The van der Waals surface area contributed by atoms with Gasteiger partial charge in [-0.15, -0.1) is 0 Å². The van der Waals surface area contributed by atoms with Crippen LogP contribution in [0.2, 0.25) is 5.15 Å². The van der Waals surface area contributed by atoms with Crippen molar-refractivity contribution in [2.75, 3.05) is 6.61 Å². The summed E-state index contributed by atoms with van der Waals surface area (Å²) in [6.45, 7) is 3.00. The lowest BCUT2D eigenvalue weighted by Gasteiger charge is -2.37. The van der Waals surface area contributed by atoms with Crippen molar-refractivity contribution in [3.8, 4) is 5.75 Å².